The third kappa shape index (κ3) is 3.81. The minimum Gasteiger partial charge on any atom is -0.312 e. The van der Waals surface area contributed by atoms with Crippen LogP contribution in [-0.2, 0) is 10.2 Å². The molecule has 0 aliphatic carbocycles. The number of rotatable bonds is 2. The van der Waals surface area contributed by atoms with Gasteiger partial charge in [-0.1, -0.05) is 12.8 Å². The van der Waals surface area contributed by atoms with Gasteiger partial charge in [0.15, 0.2) is 0 Å². The smallest absolute Gasteiger partial charge is 0.282 e. The van der Waals surface area contributed by atoms with Gasteiger partial charge in [-0.15, -0.1) is 12.4 Å². The second-order valence-corrected chi connectivity index (χ2v) is 6.96. The number of hydrogen-bond acceptors (Lipinski definition) is 3. The molecule has 0 aromatic carbocycles. The van der Waals surface area contributed by atoms with Crippen LogP contribution >= 0.6 is 12.4 Å². The normalized spacial score (nSPS) is 28.4. The van der Waals surface area contributed by atoms with E-state index in [9.17, 15) is 8.42 Å². The summed E-state index contributed by atoms with van der Waals surface area (Å²) < 4.78 is 28.2. The first kappa shape index (κ1) is 16.2. The zero-order valence-corrected chi connectivity index (χ0v) is 12.6. The Morgan fingerprint density at radius 2 is 1.61 bits per heavy atom. The van der Waals surface area contributed by atoms with Crippen molar-refractivity contribution in [1.82, 2.24) is 13.9 Å². The quantitative estimate of drug-likeness (QED) is 0.821. The van der Waals surface area contributed by atoms with Crippen LogP contribution in [0.3, 0.4) is 0 Å². The second kappa shape index (κ2) is 7.05. The van der Waals surface area contributed by atoms with Gasteiger partial charge in [0.25, 0.3) is 10.2 Å². The molecule has 18 heavy (non-hydrogen) atoms. The summed E-state index contributed by atoms with van der Waals surface area (Å²) in [4.78, 5) is 0. The van der Waals surface area contributed by atoms with Crippen LogP contribution in [0.5, 0.6) is 0 Å². The molecule has 5 nitrogen and oxygen atoms in total. The first-order valence-electron chi connectivity index (χ1n) is 6.59. The van der Waals surface area contributed by atoms with Crippen molar-refractivity contribution < 1.29 is 8.42 Å². The molecular formula is C11H24ClN3O2S. The molecule has 0 spiro atoms. The first-order valence-corrected chi connectivity index (χ1v) is 7.99. The number of nitrogens with one attached hydrogen (secondary N) is 1. The third-order valence-corrected chi connectivity index (χ3v) is 5.55. The van der Waals surface area contributed by atoms with E-state index in [1.165, 1.54) is 0 Å². The molecule has 0 aromatic heterocycles. The summed E-state index contributed by atoms with van der Waals surface area (Å²) in [7, 11) is -3.21. The van der Waals surface area contributed by atoms with Gasteiger partial charge in [-0.2, -0.15) is 17.0 Å². The average molecular weight is 298 g/mol. The fourth-order valence-electron chi connectivity index (χ4n) is 2.54. The molecule has 2 rings (SSSR count). The van der Waals surface area contributed by atoms with Crippen LogP contribution in [0.15, 0.2) is 0 Å². The zero-order chi connectivity index (χ0) is 12.3. The maximum Gasteiger partial charge on any atom is 0.282 e. The highest BCUT2D eigenvalue weighted by Gasteiger charge is 2.32. The van der Waals surface area contributed by atoms with Gasteiger partial charge in [0.2, 0.25) is 0 Å². The lowest BCUT2D eigenvalue weighted by atomic mass is 10.2. The molecule has 108 valence electrons. The summed E-state index contributed by atoms with van der Waals surface area (Å²) in [6, 6.07) is 0.255. The SMILES string of the molecule is C[C@@H]1CN(S(=O)(=O)N2CCCCCC2)CCN1.Cl. The Morgan fingerprint density at radius 1 is 1.00 bits per heavy atom. The zero-order valence-electron chi connectivity index (χ0n) is 11.0. The first-order chi connectivity index (χ1) is 8.10. The summed E-state index contributed by atoms with van der Waals surface area (Å²) in [6.45, 7) is 5.38. The third-order valence-electron chi connectivity index (χ3n) is 3.55. The van der Waals surface area contributed by atoms with Gasteiger partial charge in [-0.25, -0.2) is 0 Å². The van der Waals surface area contributed by atoms with E-state index in [2.05, 4.69) is 5.32 Å². The van der Waals surface area contributed by atoms with Gasteiger partial charge in [-0.3, -0.25) is 0 Å². The Balaban J connectivity index is 0.00000162. The van der Waals surface area contributed by atoms with Crippen LogP contribution in [0, 0.1) is 0 Å². The second-order valence-electron chi connectivity index (χ2n) is 5.03. The predicted molar refractivity (Wildman–Crippen MR) is 75.2 cm³/mol. The summed E-state index contributed by atoms with van der Waals surface area (Å²) >= 11 is 0. The highest BCUT2D eigenvalue weighted by molar-refractivity contribution is 7.86. The Bertz CT molecular complexity index is 334. The molecule has 0 amide bonds. The number of halogens is 1. The van der Waals surface area contributed by atoms with Crippen molar-refractivity contribution in [2.75, 3.05) is 32.7 Å². The largest absolute Gasteiger partial charge is 0.312 e. The van der Waals surface area contributed by atoms with Crippen molar-refractivity contribution in [2.24, 2.45) is 0 Å². The highest BCUT2D eigenvalue weighted by atomic mass is 35.5. The molecule has 0 saturated carbocycles. The summed E-state index contributed by atoms with van der Waals surface area (Å²) in [5, 5.41) is 3.27. The van der Waals surface area contributed by atoms with Crippen LogP contribution in [-0.4, -0.2) is 55.8 Å². The molecule has 2 saturated heterocycles. The predicted octanol–water partition coefficient (Wildman–Crippen LogP) is 0.823. The van der Waals surface area contributed by atoms with Crippen molar-refractivity contribution >= 4 is 22.6 Å². The molecule has 0 aromatic rings. The molecule has 1 atom stereocenters. The molecule has 2 aliphatic heterocycles. The van der Waals surface area contributed by atoms with Crippen molar-refractivity contribution in [1.29, 1.82) is 0 Å². The molecule has 2 aliphatic rings. The molecule has 2 heterocycles. The lowest BCUT2D eigenvalue weighted by molar-refractivity contribution is 0.281. The van der Waals surface area contributed by atoms with Gasteiger partial charge in [0, 0.05) is 38.8 Å². The maximum atomic E-state index is 12.5. The number of hydrogen-bond donors (Lipinski definition) is 1. The van der Waals surface area contributed by atoms with E-state index in [1.54, 1.807) is 8.61 Å². The van der Waals surface area contributed by atoms with Crippen molar-refractivity contribution in [3.8, 4) is 0 Å². The van der Waals surface area contributed by atoms with E-state index in [0.29, 0.717) is 26.2 Å². The van der Waals surface area contributed by atoms with Crippen molar-refractivity contribution in [3.05, 3.63) is 0 Å². The van der Waals surface area contributed by atoms with Gasteiger partial charge in [-0.05, 0) is 19.8 Å². The van der Waals surface area contributed by atoms with Crippen LogP contribution in [0.25, 0.3) is 0 Å². The van der Waals surface area contributed by atoms with Crippen molar-refractivity contribution in [3.63, 3.8) is 0 Å². The molecule has 0 bridgehead atoms. The summed E-state index contributed by atoms with van der Waals surface area (Å²) in [6.07, 6.45) is 4.32. The minimum atomic E-state index is -3.21. The minimum absolute atomic E-state index is 0. The van der Waals surface area contributed by atoms with Crippen LogP contribution in [0.2, 0.25) is 0 Å². The fourth-order valence-corrected chi connectivity index (χ4v) is 4.32. The summed E-state index contributed by atoms with van der Waals surface area (Å²) in [5.41, 5.74) is 0. The average Bonchev–Trinajstić information content (AvgIpc) is 2.58. The Kier molecular flexibility index (Phi) is 6.34. The van der Waals surface area contributed by atoms with Gasteiger partial charge in [0.1, 0.15) is 0 Å². The number of nitrogens with zero attached hydrogens (tertiary/aromatic N) is 2. The Morgan fingerprint density at radius 3 is 2.17 bits per heavy atom. The lowest BCUT2D eigenvalue weighted by Crippen LogP contribution is -2.55. The van der Waals surface area contributed by atoms with E-state index in [4.69, 9.17) is 0 Å². The van der Waals surface area contributed by atoms with Crippen molar-refractivity contribution in [2.45, 2.75) is 38.6 Å². The molecule has 0 radical (unpaired) electrons. The Hall–Kier alpha value is 0.120. The number of piperazine rings is 1. The van der Waals surface area contributed by atoms with Crippen LogP contribution in [0.4, 0.5) is 0 Å². The topological polar surface area (TPSA) is 52.7 Å². The van der Waals surface area contributed by atoms with E-state index in [0.717, 1.165) is 32.2 Å². The lowest BCUT2D eigenvalue weighted by Gasteiger charge is -2.34. The maximum absolute atomic E-state index is 12.5. The molecular weight excluding hydrogens is 274 g/mol. The molecule has 1 N–H and O–H groups in total. The van der Waals surface area contributed by atoms with Gasteiger partial charge >= 0.3 is 0 Å². The van der Waals surface area contributed by atoms with Gasteiger partial charge < -0.3 is 5.32 Å². The molecule has 7 heteroatoms. The van der Waals surface area contributed by atoms with Gasteiger partial charge in [0.05, 0.1) is 0 Å². The Labute approximate surface area is 116 Å². The van der Waals surface area contributed by atoms with E-state index < -0.39 is 10.2 Å². The van der Waals surface area contributed by atoms with E-state index in [-0.39, 0.29) is 18.4 Å². The van der Waals surface area contributed by atoms with E-state index >= 15 is 0 Å². The summed E-state index contributed by atoms with van der Waals surface area (Å²) in [5.74, 6) is 0. The molecule has 2 fully saturated rings. The highest BCUT2D eigenvalue weighted by Crippen LogP contribution is 2.17. The molecule has 0 unspecified atom stereocenters. The fraction of sp³-hybridized carbons (Fsp3) is 1.00. The standard InChI is InChI=1S/C11H23N3O2S.ClH/c1-11-10-14(9-6-12-11)17(15,16)13-7-4-2-3-5-8-13;/h11-12H,2-10H2,1H3;1H/t11-;/m1./s1. The van der Waals surface area contributed by atoms with E-state index in [1.807, 2.05) is 6.92 Å². The van der Waals surface area contributed by atoms with Crippen LogP contribution < -0.4 is 5.32 Å². The monoisotopic (exact) mass is 297 g/mol. The van der Waals surface area contributed by atoms with Crippen LogP contribution in [0.1, 0.15) is 32.6 Å².